The van der Waals surface area contributed by atoms with Crippen molar-refractivity contribution in [2.45, 2.75) is 25.9 Å². The largest absolute Gasteiger partial charge is 0.489 e. The van der Waals surface area contributed by atoms with Gasteiger partial charge in [-0.05, 0) is 36.4 Å². The van der Waals surface area contributed by atoms with Gasteiger partial charge in [0.05, 0.1) is 5.02 Å². The van der Waals surface area contributed by atoms with Crippen molar-refractivity contribution in [1.29, 1.82) is 0 Å². The highest BCUT2D eigenvalue weighted by molar-refractivity contribution is 6.32. The zero-order valence-corrected chi connectivity index (χ0v) is 17.9. The number of anilines is 1. The minimum Gasteiger partial charge on any atom is -0.489 e. The summed E-state index contributed by atoms with van der Waals surface area (Å²) in [5, 5.41) is 0.612. The molecule has 0 unspecified atom stereocenters. The fraction of sp³-hybridized carbons (Fsp3) is 0.318. The molecule has 1 aliphatic rings. The number of nitrogens with zero attached hydrogens (tertiary/aromatic N) is 1. The maximum atomic E-state index is 12.1. The van der Waals surface area contributed by atoms with E-state index in [1.165, 1.54) is 6.92 Å². The molecule has 0 bridgehead atoms. The average Bonchev–Trinajstić information content (AvgIpc) is 2.78. The maximum Gasteiger partial charge on any atom is 0.303 e. The lowest BCUT2D eigenvalue weighted by molar-refractivity contribution is -0.146. The van der Waals surface area contributed by atoms with Gasteiger partial charge in [-0.2, -0.15) is 0 Å². The molecule has 0 atom stereocenters. The van der Waals surface area contributed by atoms with Crippen LogP contribution in [0.4, 0.5) is 5.69 Å². The Bertz CT molecular complexity index is 927. The number of hydrogen-bond donors (Lipinski definition) is 2. The van der Waals surface area contributed by atoms with E-state index in [9.17, 15) is 14.4 Å². The molecule has 0 aromatic heterocycles. The molecule has 2 amide bonds. The lowest BCUT2D eigenvalue weighted by atomic mass is 10.1. The zero-order valence-electron chi connectivity index (χ0n) is 17.1. The van der Waals surface area contributed by atoms with Gasteiger partial charge in [-0.1, -0.05) is 23.7 Å². The quantitative estimate of drug-likeness (QED) is 0.524. The Labute approximate surface area is 185 Å². The molecule has 1 aliphatic heterocycles. The normalized spacial score (nSPS) is 13.9. The van der Waals surface area contributed by atoms with Crippen LogP contribution in [0.25, 0.3) is 0 Å². The van der Waals surface area contributed by atoms with E-state index < -0.39 is 24.4 Å². The van der Waals surface area contributed by atoms with E-state index in [2.05, 4.69) is 20.5 Å². The molecule has 164 valence electrons. The van der Waals surface area contributed by atoms with Crippen LogP contribution in [-0.4, -0.2) is 43.6 Å². The van der Waals surface area contributed by atoms with Crippen molar-refractivity contribution >= 4 is 35.1 Å². The average molecular weight is 446 g/mol. The summed E-state index contributed by atoms with van der Waals surface area (Å²) in [7, 11) is 0. The van der Waals surface area contributed by atoms with Crippen molar-refractivity contribution in [3.63, 3.8) is 0 Å². The first-order valence-corrected chi connectivity index (χ1v) is 10.3. The van der Waals surface area contributed by atoms with E-state index >= 15 is 0 Å². The van der Waals surface area contributed by atoms with Crippen LogP contribution in [0.2, 0.25) is 5.02 Å². The second-order valence-corrected chi connectivity index (χ2v) is 7.47. The highest BCUT2D eigenvalue weighted by Crippen LogP contribution is 2.28. The maximum absolute atomic E-state index is 12.1. The van der Waals surface area contributed by atoms with Crippen LogP contribution in [0.1, 0.15) is 30.1 Å². The van der Waals surface area contributed by atoms with Crippen LogP contribution in [-0.2, 0) is 14.3 Å². The Hall–Kier alpha value is -3.26. The van der Waals surface area contributed by atoms with Gasteiger partial charge in [0.2, 0.25) is 0 Å². The molecular formula is C22H24ClN3O5. The van der Waals surface area contributed by atoms with Gasteiger partial charge in [-0.15, -0.1) is 0 Å². The van der Waals surface area contributed by atoms with Crippen LogP contribution in [0.15, 0.2) is 48.5 Å². The Kier molecular flexibility index (Phi) is 7.72. The molecule has 2 aromatic rings. The van der Waals surface area contributed by atoms with Gasteiger partial charge in [-0.3, -0.25) is 25.2 Å². The Morgan fingerprint density at radius 1 is 1.03 bits per heavy atom. The summed E-state index contributed by atoms with van der Waals surface area (Å²) in [5.41, 5.74) is 5.88. The lowest BCUT2D eigenvalue weighted by Crippen LogP contribution is -2.43. The summed E-state index contributed by atoms with van der Waals surface area (Å²) in [5.74, 6) is -0.953. The number of carbonyl (C=O) groups is 3. The molecule has 1 fully saturated rings. The third kappa shape index (κ3) is 6.62. The van der Waals surface area contributed by atoms with E-state index in [-0.39, 0.29) is 6.10 Å². The molecule has 0 radical (unpaired) electrons. The molecule has 1 saturated heterocycles. The van der Waals surface area contributed by atoms with Crippen molar-refractivity contribution in [3.8, 4) is 5.75 Å². The van der Waals surface area contributed by atoms with Gasteiger partial charge in [0.25, 0.3) is 11.8 Å². The highest BCUT2D eigenvalue weighted by atomic mass is 35.5. The predicted molar refractivity (Wildman–Crippen MR) is 116 cm³/mol. The number of esters is 1. The van der Waals surface area contributed by atoms with Crippen molar-refractivity contribution < 1.29 is 23.9 Å². The first-order chi connectivity index (χ1) is 14.9. The molecule has 0 aliphatic carbocycles. The third-order valence-corrected chi connectivity index (χ3v) is 5.10. The van der Waals surface area contributed by atoms with E-state index in [1.54, 1.807) is 12.1 Å². The van der Waals surface area contributed by atoms with Crippen LogP contribution in [0.5, 0.6) is 5.75 Å². The summed E-state index contributed by atoms with van der Waals surface area (Å²) < 4.78 is 10.6. The summed E-state index contributed by atoms with van der Waals surface area (Å²) in [6, 6.07) is 14.6. The first kappa shape index (κ1) is 22.4. The number of rotatable bonds is 6. The van der Waals surface area contributed by atoms with Crippen LogP contribution >= 0.6 is 11.6 Å². The van der Waals surface area contributed by atoms with E-state index in [1.807, 2.05) is 36.4 Å². The summed E-state index contributed by atoms with van der Waals surface area (Å²) in [6.07, 6.45) is 1.83. The Balaban J connectivity index is 1.46. The molecular weight excluding hydrogens is 422 g/mol. The summed E-state index contributed by atoms with van der Waals surface area (Å²) >= 11 is 6.17. The highest BCUT2D eigenvalue weighted by Gasteiger charge is 2.21. The van der Waals surface area contributed by atoms with Crippen molar-refractivity contribution in [2.24, 2.45) is 0 Å². The molecule has 0 saturated carbocycles. The van der Waals surface area contributed by atoms with E-state index in [0.29, 0.717) is 16.3 Å². The number of amides is 2. The lowest BCUT2D eigenvalue weighted by Gasteiger charge is -2.34. The monoisotopic (exact) mass is 445 g/mol. The van der Waals surface area contributed by atoms with Crippen molar-refractivity contribution in [3.05, 3.63) is 59.1 Å². The van der Waals surface area contributed by atoms with Crippen molar-refractivity contribution in [1.82, 2.24) is 10.9 Å². The summed E-state index contributed by atoms with van der Waals surface area (Å²) in [4.78, 5) is 36.5. The van der Waals surface area contributed by atoms with Crippen LogP contribution < -0.4 is 20.5 Å². The minimum absolute atomic E-state index is 0.108. The standard InChI is InChI=1S/C22H24ClN3O5/c1-15(27)30-14-21(28)24-25-22(29)16-6-8-17(9-7-16)26-12-10-18(11-13-26)31-20-5-3-2-4-19(20)23/h2-9,18H,10-14H2,1H3,(H,24,28)(H,25,29). The number of para-hydroxylation sites is 1. The number of nitrogens with one attached hydrogen (secondary N) is 2. The van der Waals surface area contributed by atoms with Gasteiger partial charge in [-0.25, -0.2) is 0 Å². The minimum atomic E-state index is -0.623. The van der Waals surface area contributed by atoms with Gasteiger partial charge in [0.1, 0.15) is 11.9 Å². The van der Waals surface area contributed by atoms with Crippen LogP contribution in [0, 0.1) is 0 Å². The molecule has 1 heterocycles. The molecule has 31 heavy (non-hydrogen) atoms. The Morgan fingerprint density at radius 3 is 2.35 bits per heavy atom. The van der Waals surface area contributed by atoms with E-state index in [4.69, 9.17) is 16.3 Å². The summed E-state index contributed by atoms with van der Waals surface area (Å²) in [6.45, 7) is 2.40. The fourth-order valence-corrected chi connectivity index (χ4v) is 3.36. The number of carbonyl (C=O) groups excluding carboxylic acids is 3. The molecule has 2 N–H and O–H groups in total. The number of ether oxygens (including phenoxy) is 2. The molecule has 0 spiro atoms. The fourth-order valence-electron chi connectivity index (χ4n) is 3.18. The van der Waals surface area contributed by atoms with E-state index in [0.717, 1.165) is 31.6 Å². The number of hydrogen-bond acceptors (Lipinski definition) is 6. The topological polar surface area (TPSA) is 97.0 Å². The predicted octanol–water partition coefficient (Wildman–Crippen LogP) is 2.71. The number of piperidine rings is 1. The second-order valence-electron chi connectivity index (χ2n) is 7.06. The third-order valence-electron chi connectivity index (χ3n) is 4.79. The van der Waals surface area contributed by atoms with Crippen molar-refractivity contribution in [2.75, 3.05) is 24.6 Å². The van der Waals surface area contributed by atoms with Gasteiger partial charge < -0.3 is 14.4 Å². The number of halogens is 1. The number of benzene rings is 2. The van der Waals surface area contributed by atoms with Gasteiger partial charge >= 0.3 is 5.97 Å². The molecule has 2 aromatic carbocycles. The molecule has 9 heteroatoms. The molecule has 8 nitrogen and oxygen atoms in total. The first-order valence-electron chi connectivity index (χ1n) is 9.91. The molecule has 3 rings (SSSR count). The SMILES string of the molecule is CC(=O)OCC(=O)NNC(=O)c1ccc(N2CCC(Oc3ccccc3Cl)CC2)cc1. The Morgan fingerprint density at radius 2 is 1.71 bits per heavy atom. The van der Waals surface area contributed by atoms with Crippen LogP contribution in [0.3, 0.4) is 0 Å². The van der Waals surface area contributed by atoms with Gasteiger partial charge in [0.15, 0.2) is 6.61 Å². The number of hydrazine groups is 1. The smallest absolute Gasteiger partial charge is 0.303 e. The zero-order chi connectivity index (χ0) is 22.2. The second kappa shape index (κ2) is 10.7. The van der Waals surface area contributed by atoms with Gasteiger partial charge in [0, 0.05) is 44.1 Å².